The molecule has 0 saturated carbocycles. The molecule has 0 spiro atoms. The van der Waals surface area contributed by atoms with Crippen LogP contribution in [-0.2, 0) is 12.1 Å². The van der Waals surface area contributed by atoms with Gasteiger partial charge in [-0.2, -0.15) is 0 Å². The van der Waals surface area contributed by atoms with E-state index in [1.807, 2.05) is 85.9 Å². The van der Waals surface area contributed by atoms with Crippen LogP contribution in [0.2, 0.25) is 10.0 Å². The molecule has 1 atom stereocenters. The summed E-state index contributed by atoms with van der Waals surface area (Å²) in [6.07, 6.45) is 2.27. The first kappa shape index (κ1) is 27.5. The van der Waals surface area contributed by atoms with Crippen molar-refractivity contribution in [2.24, 2.45) is 0 Å². The monoisotopic (exact) mass is 539 g/mol. The molecule has 3 aromatic carbocycles. The Hall–Kier alpha value is -2.57. The molecular weight excluding hydrogens is 505 g/mol. The lowest BCUT2D eigenvalue weighted by Crippen LogP contribution is -2.43. The third kappa shape index (κ3) is 7.48. The van der Waals surface area contributed by atoms with Crippen molar-refractivity contribution in [1.29, 1.82) is 0 Å². The van der Waals surface area contributed by atoms with Crippen LogP contribution in [0.1, 0.15) is 41.9 Å². The number of benzene rings is 3. The lowest BCUT2D eigenvalue weighted by Gasteiger charge is -2.39. The molecule has 196 valence electrons. The summed E-state index contributed by atoms with van der Waals surface area (Å²) in [5, 5.41) is 15.2. The van der Waals surface area contributed by atoms with Gasteiger partial charge in [0.2, 0.25) is 0 Å². The predicted octanol–water partition coefficient (Wildman–Crippen LogP) is 6.29. The Bertz CT molecular complexity index is 1150. The predicted molar refractivity (Wildman–Crippen MR) is 151 cm³/mol. The zero-order valence-electron chi connectivity index (χ0n) is 21.2. The molecule has 1 unspecified atom stereocenters. The van der Waals surface area contributed by atoms with E-state index >= 15 is 0 Å². The van der Waals surface area contributed by atoms with Gasteiger partial charge in [0.05, 0.1) is 15.6 Å². The number of amides is 2. The van der Waals surface area contributed by atoms with Gasteiger partial charge in [0.15, 0.2) is 0 Å². The van der Waals surface area contributed by atoms with Crippen LogP contribution >= 0.6 is 23.2 Å². The Balaban J connectivity index is 1.37. The van der Waals surface area contributed by atoms with Gasteiger partial charge in [0.1, 0.15) is 0 Å². The van der Waals surface area contributed by atoms with Crippen LogP contribution in [0.25, 0.3) is 0 Å². The molecule has 1 aliphatic heterocycles. The number of rotatable bonds is 9. The number of carbonyl (C=O) groups excluding carboxylic acids is 1. The van der Waals surface area contributed by atoms with Gasteiger partial charge in [-0.15, -0.1) is 0 Å². The van der Waals surface area contributed by atoms with E-state index in [-0.39, 0.29) is 11.9 Å². The first-order valence-electron chi connectivity index (χ1n) is 12.8. The Morgan fingerprint density at radius 1 is 1.00 bits per heavy atom. The number of urea groups is 1. The Morgan fingerprint density at radius 2 is 1.65 bits per heavy atom. The number of hydrogen-bond donors (Lipinski definition) is 2. The van der Waals surface area contributed by atoms with E-state index < -0.39 is 5.60 Å². The van der Waals surface area contributed by atoms with Crippen molar-refractivity contribution in [3.8, 4) is 0 Å². The summed E-state index contributed by atoms with van der Waals surface area (Å²) in [5.74, 6) is 0.0946. The normalized spacial score (nSPS) is 16.2. The van der Waals surface area contributed by atoms with E-state index in [4.69, 9.17) is 23.2 Å². The van der Waals surface area contributed by atoms with Gasteiger partial charge in [0, 0.05) is 39.1 Å². The molecule has 1 fully saturated rings. The fourth-order valence-electron chi connectivity index (χ4n) is 4.97. The van der Waals surface area contributed by atoms with Crippen LogP contribution in [0, 0.1) is 0 Å². The minimum Gasteiger partial charge on any atom is -0.385 e. The standard InChI is InChI=1S/C30H35Cl2N3O2/c1-34(29(36)33-21-23-8-4-2-5-9-23)22-25(24-12-13-27(31)28(32)20-24)14-17-35-18-15-30(37,16-19-35)26-10-6-3-7-11-26/h2-13,20,25,37H,14-19,21-22H2,1H3,(H,33,36). The minimum atomic E-state index is -0.766. The third-order valence-electron chi connectivity index (χ3n) is 7.33. The largest absolute Gasteiger partial charge is 0.385 e. The molecule has 3 aromatic rings. The molecule has 0 aromatic heterocycles. The highest BCUT2D eigenvalue weighted by atomic mass is 35.5. The summed E-state index contributed by atoms with van der Waals surface area (Å²) in [7, 11) is 1.83. The number of hydrogen-bond acceptors (Lipinski definition) is 3. The highest BCUT2D eigenvalue weighted by molar-refractivity contribution is 6.42. The second-order valence-electron chi connectivity index (χ2n) is 9.92. The quantitative estimate of drug-likeness (QED) is 0.335. The number of carbonyl (C=O) groups is 1. The molecule has 0 radical (unpaired) electrons. The molecular formula is C30H35Cl2N3O2. The van der Waals surface area contributed by atoms with Crippen molar-refractivity contribution in [2.45, 2.75) is 37.3 Å². The lowest BCUT2D eigenvalue weighted by atomic mass is 9.84. The second-order valence-corrected chi connectivity index (χ2v) is 10.7. The number of likely N-dealkylation sites (tertiary alicyclic amines) is 1. The smallest absolute Gasteiger partial charge is 0.317 e. The van der Waals surface area contributed by atoms with Gasteiger partial charge in [-0.3, -0.25) is 0 Å². The average Bonchev–Trinajstić information content (AvgIpc) is 2.93. The second kappa shape index (κ2) is 12.8. The van der Waals surface area contributed by atoms with Gasteiger partial charge in [0.25, 0.3) is 0 Å². The summed E-state index contributed by atoms with van der Waals surface area (Å²) in [5.41, 5.74) is 2.35. The van der Waals surface area contributed by atoms with E-state index in [0.29, 0.717) is 36.0 Å². The fraction of sp³-hybridized carbons (Fsp3) is 0.367. The number of piperidine rings is 1. The summed E-state index contributed by atoms with van der Waals surface area (Å²) < 4.78 is 0. The Kier molecular flexibility index (Phi) is 9.49. The van der Waals surface area contributed by atoms with E-state index in [9.17, 15) is 9.90 Å². The molecule has 37 heavy (non-hydrogen) atoms. The Morgan fingerprint density at radius 3 is 2.30 bits per heavy atom. The van der Waals surface area contributed by atoms with Crippen molar-refractivity contribution in [3.05, 3.63) is 106 Å². The van der Waals surface area contributed by atoms with Crippen molar-refractivity contribution in [3.63, 3.8) is 0 Å². The lowest BCUT2D eigenvalue weighted by molar-refractivity contribution is -0.0264. The highest BCUT2D eigenvalue weighted by Crippen LogP contribution is 2.34. The first-order chi connectivity index (χ1) is 17.8. The molecule has 1 saturated heterocycles. The summed E-state index contributed by atoms with van der Waals surface area (Å²) >= 11 is 12.5. The maximum absolute atomic E-state index is 12.8. The van der Waals surface area contributed by atoms with Crippen molar-refractivity contribution in [2.75, 3.05) is 33.2 Å². The van der Waals surface area contributed by atoms with E-state index in [1.54, 1.807) is 4.90 Å². The van der Waals surface area contributed by atoms with E-state index in [0.717, 1.165) is 42.7 Å². The number of halogens is 2. The molecule has 2 N–H and O–H groups in total. The van der Waals surface area contributed by atoms with Gasteiger partial charge >= 0.3 is 6.03 Å². The highest BCUT2D eigenvalue weighted by Gasteiger charge is 2.34. The molecule has 0 bridgehead atoms. The summed E-state index contributed by atoms with van der Waals surface area (Å²) in [6.45, 7) is 3.56. The number of likely N-dealkylation sites (N-methyl/N-ethyl adjacent to an activating group) is 1. The van der Waals surface area contributed by atoms with Crippen LogP contribution in [0.15, 0.2) is 78.9 Å². The average molecular weight is 541 g/mol. The number of aliphatic hydroxyl groups is 1. The maximum atomic E-state index is 12.8. The molecule has 1 heterocycles. The third-order valence-corrected chi connectivity index (χ3v) is 8.07. The van der Waals surface area contributed by atoms with Crippen molar-refractivity contribution in [1.82, 2.24) is 15.1 Å². The zero-order chi connectivity index (χ0) is 26.3. The molecule has 1 aliphatic rings. The van der Waals surface area contributed by atoms with Crippen LogP contribution in [-0.4, -0.2) is 54.2 Å². The summed E-state index contributed by atoms with van der Waals surface area (Å²) in [6, 6.07) is 25.5. The summed E-state index contributed by atoms with van der Waals surface area (Å²) in [4.78, 5) is 17.0. The SMILES string of the molecule is CN(CC(CCN1CCC(O)(c2ccccc2)CC1)c1ccc(Cl)c(Cl)c1)C(=O)NCc1ccccc1. The Labute approximate surface area is 230 Å². The maximum Gasteiger partial charge on any atom is 0.317 e. The topological polar surface area (TPSA) is 55.8 Å². The molecule has 0 aliphatic carbocycles. The van der Waals surface area contributed by atoms with Gasteiger partial charge in [-0.25, -0.2) is 4.79 Å². The molecule has 4 rings (SSSR count). The molecule has 2 amide bonds. The number of nitrogens with zero attached hydrogens (tertiary/aromatic N) is 2. The van der Waals surface area contributed by atoms with Crippen LogP contribution in [0.3, 0.4) is 0 Å². The van der Waals surface area contributed by atoms with Crippen LogP contribution in [0.4, 0.5) is 4.79 Å². The van der Waals surface area contributed by atoms with Gasteiger partial charge < -0.3 is 20.2 Å². The first-order valence-corrected chi connectivity index (χ1v) is 13.6. The fourth-order valence-corrected chi connectivity index (χ4v) is 5.28. The zero-order valence-corrected chi connectivity index (χ0v) is 22.8. The van der Waals surface area contributed by atoms with Gasteiger partial charge in [-0.1, -0.05) is 89.9 Å². The van der Waals surface area contributed by atoms with Crippen LogP contribution in [0.5, 0.6) is 0 Å². The van der Waals surface area contributed by atoms with Gasteiger partial charge in [-0.05, 0) is 54.6 Å². The molecule has 7 heteroatoms. The van der Waals surface area contributed by atoms with Crippen molar-refractivity contribution >= 4 is 29.2 Å². The van der Waals surface area contributed by atoms with Crippen LogP contribution < -0.4 is 5.32 Å². The minimum absolute atomic E-state index is 0.0946. The van der Waals surface area contributed by atoms with E-state index in [2.05, 4.69) is 10.2 Å². The number of nitrogens with one attached hydrogen (secondary N) is 1. The van der Waals surface area contributed by atoms with E-state index in [1.165, 1.54) is 0 Å². The van der Waals surface area contributed by atoms with Crippen molar-refractivity contribution < 1.29 is 9.90 Å². The molecule has 5 nitrogen and oxygen atoms in total.